The number of halogens is 1. The number of nitrogens with two attached hydrogens (primary N) is 2. The van der Waals surface area contributed by atoms with Gasteiger partial charge in [0, 0.05) is 0 Å². The zero-order chi connectivity index (χ0) is 28.5. The fraction of sp³-hybridized carbons (Fsp3) is 0.393. The van der Waals surface area contributed by atoms with Gasteiger partial charge in [-0.3, -0.25) is 4.79 Å². The van der Waals surface area contributed by atoms with E-state index in [1.807, 2.05) is 48.5 Å². The molecule has 40 heavy (non-hydrogen) atoms. The van der Waals surface area contributed by atoms with Gasteiger partial charge in [-0.1, -0.05) is 11.6 Å². The maximum absolute atomic E-state index is 13.0. The Morgan fingerprint density at radius 1 is 0.900 bits per heavy atom. The van der Waals surface area contributed by atoms with Crippen LogP contribution in [0.2, 0.25) is 5.15 Å². The van der Waals surface area contributed by atoms with Crippen LogP contribution >= 0.6 is 11.6 Å². The van der Waals surface area contributed by atoms with Gasteiger partial charge in [-0.15, -0.1) is 0 Å². The molecule has 0 bridgehead atoms. The molecule has 11 nitrogen and oxygen atoms in total. The molecular weight excluding hydrogens is 536 g/mol. The first-order valence-corrected chi connectivity index (χ1v) is 13.5. The van der Waals surface area contributed by atoms with E-state index in [1.54, 1.807) is 14.2 Å². The summed E-state index contributed by atoms with van der Waals surface area (Å²) in [5.41, 5.74) is 11.5. The van der Waals surface area contributed by atoms with E-state index in [-0.39, 0.29) is 28.5 Å². The van der Waals surface area contributed by atoms with E-state index in [0.717, 1.165) is 55.5 Å². The largest absolute Gasteiger partial charge is 0.497 e. The number of rotatable bonds is 12. The summed E-state index contributed by atoms with van der Waals surface area (Å²) in [5.74, 6) is 2.58. The standard InChI is InChI=1S/C28H35ClN6O5/c1-37-20-5-9-22(10-6-20)39-16-14-35(15-17-40-23-11-7-21(38-2)8-12-23)13-3-4-19(18-35)32-28(36)24-26(30)34-27(31)25(29)33-24/h5-12,19H,3-4,13-18H2,1-2H3,(H4-,30,31,32,34,36)/p+1. The highest BCUT2D eigenvalue weighted by Crippen LogP contribution is 2.24. The Labute approximate surface area is 238 Å². The lowest BCUT2D eigenvalue weighted by Crippen LogP contribution is -2.62. The minimum atomic E-state index is -0.430. The van der Waals surface area contributed by atoms with Crippen LogP contribution in [0.3, 0.4) is 0 Å². The first kappa shape index (κ1) is 29.0. The molecule has 0 spiro atoms. The molecule has 0 aliphatic carbocycles. The van der Waals surface area contributed by atoms with Crippen LogP contribution in [-0.2, 0) is 0 Å². The summed E-state index contributed by atoms with van der Waals surface area (Å²) in [6.45, 7) is 4.10. The molecule has 2 heterocycles. The van der Waals surface area contributed by atoms with Gasteiger partial charge in [0.1, 0.15) is 49.3 Å². The number of aromatic nitrogens is 2. The van der Waals surface area contributed by atoms with Crippen molar-refractivity contribution in [1.82, 2.24) is 15.3 Å². The van der Waals surface area contributed by atoms with Crippen LogP contribution in [0.5, 0.6) is 23.0 Å². The van der Waals surface area contributed by atoms with E-state index >= 15 is 0 Å². The molecule has 12 heteroatoms. The quantitative estimate of drug-likeness (QED) is 0.279. The summed E-state index contributed by atoms with van der Waals surface area (Å²) in [6.07, 6.45) is 1.74. The molecule has 1 fully saturated rings. The van der Waals surface area contributed by atoms with Crippen LogP contribution in [0.4, 0.5) is 11.6 Å². The molecule has 1 saturated heterocycles. The average Bonchev–Trinajstić information content (AvgIpc) is 2.96. The normalized spacial score (nSPS) is 16.1. The zero-order valence-electron chi connectivity index (χ0n) is 22.8. The Morgan fingerprint density at radius 3 is 1.95 bits per heavy atom. The molecule has 1 aliphatic rings. The molecule has 3 aromatic rings. The Kier molecular flexibility index (Phi) is 9.73. The van der Waals surface area contributed by atoms with Gasteiger partial charge in [0.05, 0.1) is 33.4 Å². The number of nitrogens with zero attached hydrogens (tertiary/aromatic N) is 3. The van der Waals surface area contributed by atoms with Gasteiger partial charge in [0.15, 0.2) is 22.5 Å². The number of amides is 1. The number of benzene rings is 2. The predicted molar refractivity (Wildman–Crippen MR) is 153 cm³/mol. The van der Waals surface area contributed by atoms with Gasteiger partial charge in [-0.05, 0) is 61.4 Å². The first-order chi connectivity index (χ1) is 19.3. The summed E-state index contributed by atoms with van der Waals surface area (Å²) in [4.78, 5) is 21.0. The van der Waals surface area contributed by atoms with Crippen LogP contribution < -0.4 is 35.7 Å². The van der Waals surface area contributed by atoms with Crippen molar-refractivity contribution in [2.45, 2.75) is 18.9 Å². The van der Waals surface area contributed by atoms with E-state index in [1.165, 1.54) is 0 Å². The topological polar surface area (TPSA) is 144 Å². The smallest absolute Gasteiger partial charge is 0.274 e. The molecular formula is C28H36ClN6O5+. The van der Waals surface area contributed by atoms with Crippen molar-refractivity contribution >= 4 is 29.1 Å². The fourth-order valence-electron chi connectivity index (χ4n) is 4.88. The van der Waals surface area contributed by atoms with Crippen LogP contribution in [-0.4, -0.2) is 80.0 Å². The lowest BCUT2D eigenvalue weighted by molar-refractivity contribution is -0.933. The van der Waals surface area contributed by atoms with Crippen molar-refractivity contribution in [1.29, 1.82) is 0 Å². The fourth-order valence-corrected chi connectivity index (χ4v) is 5.01. The number of piperidine rings is 1. The second-order valence-electron chi connectivity index (χ2n) is 9.69. The molecule has 1 aliphatic heterocycles. The molecule has 1 aromatic heterocycles. The highest BCUT2D eigenvalue weighted by Gasteiger charge is 2.36. The van der Waals surface area contributed by atoms with E-state index in [2.05, 4.69) is 15.3 Å². The van der Waals surface area contributed by atoms with E-state index < -0.39 is 5.91 Å². The van der Waals surface area contributed by atoms with Crippen molar-refractivity contribution in [3.63, 3.8) is 0 Å². The minimum Gasteiger partial charge on any atom is -0.497 e. The van der Waals surface area contributed by atoms with Gasteiger partial charge in [-0.2, -0.15) is 0 Å². The highest BCUT2D eigenvalue weighted by atomic mass is 35.5. The number of nitrogen functional groups attached to an aromatic ring is 2. The average molecular weight is 572 g/mol. The summed E-state index contributed by atoms with van der Waals surface area (Å²) < 4.78 is 23.3. The van der Waals surface area contributed by atoms with Gasteiger partial charge >= 0.3 is 0 Å². The molecule has 2 aromatic carbocycles. The lowest BCUT2D eigenvalue weighted by Gasteiger charge is -2.44. The Hall–Kier alpha value is -3.96. The second kappa shape index (κ2) is 13.4. The number of anilines is 2. The maximum atomic E-state index is 13.0. The molecule has 1 atom stereocenters. The van der Waals surface area contributed by atoms with E-state index in [0.29, 0.717) is 24.2 Å². The summed E-state index contributed by atoms with van der Waals surface area (Å²) >= 11 is 5.99. The number of ether oxygens (including phenoxy) is 4. The number of nitrogens with one attached hydrogen (secondary N) is 1. The van der Waals surface area contributed by atoms with Crippen LogP contribution in [0.15, 0.2) is 48.5 Å². The number of carbonyl (C=O) groups is 1. The van der Waals surface area contributed by atoms with Crippen molar-refractivity contribution in [3.8, 4) is 23.0 Å². The summed E-state index contributed by atoms with van der Waals surface area (Å²) in [6, 6.07) is 14.9. The maximum Gasteiger partial charge on any atom is 0.274 e. The first-order valence-electron chi connectivity index (χ1n) is 13.1. The molecule has 1 amide bonds. The molecule has 1 unspecified atom stereocenters. The van der Waals surface area contributed by atoms with Gasteiger partial charge in [0.2, 0.25) is 0 Å². The summed E-state index contributed by atoms with van der Waals surface area (Å²) in [5, 5.41) is 3.02. The van der Waals surface area contributed by atoms with Crippen molar-refractivity contribution < 1.29 is 28.2 Å². The summed E-state index contributed by atoms with van der Waals surface area (Å²) in [7, 11) is 3.26. The van der Waals surface area contributed by atoms with Crippen molar-refractivity contribution in [2.24, 2.45) is 0 Å². The number of quaternary nitrogens is 1. The number of hydrogen-bond donors (Lipinski definition) is 3. The third kappa shape index (κ3) is 7.57. The van der Waals surface area contributed by atoms with E-state index in [9.17, 15) is 4.79 Å². The molecule has 214 valence electrons. The highest BCUT2D eigenvalue weighted by molar-refractivity contribution is 6.31. The Bertz CT molecular complexity index is 1220. The minimum absolute atomic E-state index is 0.0159. The Balaban J connectivity index is 1.43. The number of carbonyl (C=O) groups excluding carboxylic acids is 1. The molecule has 4 rings (SSSR count). The third-order valence-corrected chi connectivity index (χ3v) is 7.31. The molecule has 0 radical (unpaired) electrons. The van der Waals surface area contributed by atoms with Crippen LogP contribution in [0.25, 0.3) is 0 Å². The molecule has 5 N–H and O–H groups in total. The van der Waals surface area contributed by atoms with Gasteiger partial charge in [0.25, 0.3) is 5.91 Å². The zero-order valence-corrected chi connectivity index (χ0v) is 23.5. The van der Waals surface area contributed by atoms with Crippen molar-refractivity contribution in [2.75, 3.05) is 65.1 Å². The number of hydrogen-bond acceptors (Lipinski definition) is 9. The molecule has 0 saturated carbocycles. The third-order valence-electron chi connectivity index (χ3n) is 7.04. The lowest BCUT2D eigenvalue weighted by atomic mass is 10.0. The second-order valence-corrected chi connectivity index (χ2v) is 10.0. The van der Waals surface area contributed by atoms with Gasteiger partial charge in [-0.25, -0.2) is 9.97 Å². The Morgan fingerprint density at radius 2 is 1.43 bits per heavy atom. The number of likely N-dealkylation sites (tertiary alicyclic amines) is 1. The van der Waals surface area contributed by atoms with Gasteiger partial charge < -0.3 is 40.2 Å². The van der Waals surface area contributed by atoms with Crippen LogP contribution in [0.1, 0.15) is 23.3 Å². The SMILES string of the molecule is COc1ccc(OCC[N+]2(CCOc3ccc(OC)cc3)CCCC(NC(=O)c3nc(Cl)c(N)nc3N)C2)cc1. The monoisotopic (exact) mass is 571 g/mol. The predicted octanol–water partition coefficient (Wildman–Crippen LogP) is 3.18. The van der Waals surface area contributed by atoms with E-state index in [4.69, 9.17) is 42.0 Å². The number of methoxy groups -OCH3 is 2. The van der Waals surface area contributed by atoms with Crippen molar-refractivity contribution in [3.05, 3.63) is 59.4 Å². The van der Waals surface area contributed by atoms with Crippen LogP contribution in [0, 0.1) is 0 Å².